The van der Waals surface area contributed by atoms with Gasteiger partial charge in [0, 0.05) is 11.1 Å². The van der Waals surface area contributed by atoms with Crippen molar-refractivity contribution in [1.82, 2.24) is 0 Å². The molecule has 3 atom stereocenters. The molecule has 1 saturated carbocycles. The molecule has 0 aliphatic heterocycles. The van der Waals surface area contributed by atoms with Gasteiger partial charge in [-0.2, -0.15) is 0 Å². The monoisotopic (exact) mass is 1930 g/mol. The van der Waals surface area contributed by atoms with Crippen LogP contribution in [0, 0.1) is 0 Å². The minimum absolute atomic E-state index is 0.324. The van der Waals surface area contributed by atoms with Crippen molar-refractivity contribution in [2.45, 2.75) is 38.5 Å². The summed E-state index contributed by atoms with van der Waals surface area (Å²) >= 11 is 0. The Kier molecular flexibility index (Phi) is 28.3. The summed E-state index contributed by atoms with van der Waals surface area (Å²) < 4.78 is 134. The van der Waals surface area contributed by atoms with Crippen LogP contribution in [0.2, 0.25) is 0 Å². The Labute approximate surface area is 847 Å². The molecule has 18 rings (SSSR count). The first-order valence-electron chi connectivity index (χ1n) is 47.4. The van der Waals surface area contributed by atoms with Gasteiger partial charge in [-0.25, -0.2) is 0 Å². The largest absolute Gasteiger partial charge is 0.497 e. The Bertz CT molecular complexity index is 6980. The highest BCUT2D eigenvalue weighted by Crippen LogP contribution is 2.87. The summed E-state index contributed by atoms with van der Waals surface area (Å²) in [4.78, 5) is 0. The predicted molar refractivity (Wildman–Crippen MR) is 566 cm³/mol. The Morgan fingerprint density at radius 2 is 0.338 bits per heavy atom. The van der Waals surface area contributed by atoms with E-state index in [1.165, 1.54) is 0 Å². The zero-order valence-electron chi connectivity index (χ0n) is 84.3. The second kappa shape index (κ2) is 41.7. The third-order valence-corrected chi connectivity index (χ3v) is 29.1. The average Bonchev–Trinajstić information content (AvgIpc) is 0.595. The third-order valence-electron chi connectivity index (χ3n) is 29.1. The van der Waals surface area contributed by atoms with Gasteiger partial charge in [-0.05, 0) is 307 Å². The molecule has 0 aromatic heterocycles. The van der Waals surface area contributed by atoms with Crippen LogP contribution in [0.4, 0.5) is 0 Å². The molecule has 3 unspecified atom stereocenters. The zero-order chi connectivity index (χ0) is 101. The highest BCUT2D eigenvalue weighted by Gasteiger charge is 2.94. The number of hydrogen-bond acceptors (Lipinski definition) is 19. The van der Waals surface area contributed by atoms with Crippen molar-refractivity contribution in [2.24, 2.45) is 0 Å². The predicted octanol–water partition coefficient (Wildman–Crippen LogP) is 26.0. The van der Waals surface area contributed by atoms with Crippen LogP contribution in [0.5, 0.6) is 103 Å². The second-order valence-electron chi connectivity index (χ2n) is 35.1. The molecule has 1 aliphatic carbocycles. The Morgan fingerprint density at radius 3 is 0.579 bits per heavy atom. The van der Waals surface area contributed by atoms with E-state index in [0.29, 0.717) is 209 Å². The van der Waals surface area contributed by atoms with Gasteiger partial charge in [-0.1, -0.05) is 182 Å². The summed E-state index contributed by atoms with van der Waals surface area (Å²) in [6, 6.07) is 135. The molecule has 0 heterocycles. The van der Waals surface area contributed by atoms with E-state index in [9.17, 15) is 9.47 Å². The zero-order valence-corrected chi connectivity index (χ0v) is 84.3. The molecule has 734 valence electrons. The van der Waals surface area contributed by atoms with Crippen LogP contribution in [-0.2, 0) is 43.2 Å². The normalized spacial score (nSPS) is 15.9. The van der Waals surface area contributed by atoms with E-state index in [0.717, 1.165) is 0 Å². The molecule has 17 aromatic carbocycles. The fourth-order valence-electron chi connectivity index (χ4n) is 22.9. The maximum atomic E-state index is 11.1. The van der Waals surface area contributed by atoms with Crippen LogP contribution in [-0.4, -0.2) is 121 Å². The van der Waals surface area contributed by atoms with Crippen LogP contribution in [0.3, 0.4) is 0 Å². The molecule has 0 spiro atoms. The van der Waals surface area contributed by atoms with Crippen molar-refractivity contribution in [1.29, 1.82) is 0 Å². The highest BCUT2D eigenvalue weighted by molar-refractivity contribution is 5.98. The van der Waals surface area contributed by atoms with E-state index in [-0.39, 0.29) is 0 Å². The SMILES string of the molecule is COc1ccc(OC2(c3ccc(OC)cc3)C(c3ccc(OC)cc3)(c3ccc(OC)cc3)C(c3ccc(OC)cc3)(c3ccc(OC)cc3)C(OC(c3ccc(OC)cc3)(c3ccc(OC)cc3)c3ccc(OC)cc3)(c3ccc(OC)cc3)C(c3ccc(OC)cc3)(c3ccc(OC)cc3)C2(c2ccc(OC)cc2)c2cc(-c3ccc(OC)cc3)c(OC)c(-c3ccc(OC)cc3)c2-c2ccc(OC)cc2)cc1. The van der Waals surface area contributed by atoms with Gasteiger partial charge >= 0.3 is 0 Å². The summed E-state index contributed by atoms with van der Waals surface area (Å²) in [5.74, 6) is 9.12. The van der Waals surface area contributed by atoms with Gasteiger partial charge in [0.25, 0.3) is 0 Å². The van der Waals surface area contributed by atoms with Gasteiger partial charge < -0.3 is 90.0 Å². The summed E-state index contributed by atoms with van der Waals surface area (Å²) in [6.07, 6.45) is 0. The third kappa shape index (κ3) is 16.0. The van der Waals surface area contributed by atoms with Crippen LogP contribution in [0.15, 0.2) is 394 Å². The van der Waals surface area contributed by atoms with Crippen molar-refractivity contribution < 1.29 is 90.0 Å². The molecule has 145 heavy (non-hydrogen) atoms. The highest BCUT2D eigenvalue weighted by atomic mass is 16.5. The fourth-order valence-corrected chi connectivity index (χ4v) is 22.9. The fraction of sp³-hybridized carbons (Fsp3) is 0.190. The van der Waals surface area contributed by atoms with Gasteiger partial charge in [0.1, 0.15) is 115 Å². The van der Waals surface area contributed by atoms with Crippen LogP contribution >= 0.6 is 0 Å². The molecule has 1 aliphatic rings. The second-order valence-corrected chi connectivity index (χ2v) is 35.1. The number of ether oxygens (including phenoxy) is 19. The lowest BCUT2D eigenvalue weighted by Gasteiger charge is -2.82. The van der Waals surface area contributed by atoms with Crippen molar-refractivity contribution >= 4 is 0 Å². The number of hydrogen-bond donors (Lipinski definition) is 0. The van der Waals surface area contributed by atoms with E-state index < -0.39 is 38.5 Å². The van der Waals surface area contributed by atoms with Crippen molar-refractivity contribution in [3.05, 3.63) is 467 Å². The Balaban J connectivity index is 1.39. The molecule has 19 nitrogen and oxygen atoms in total. The van der Waals surface area contributed by atoms with Crippen molar-refractivity contribution in [3.8, 4) is 137 Å². The Hall–Kier alpha value is -16.9. The molecule has 0 radical (unpaired) electrons. The molecular weight excluding hydrogens is 1820 g/mol. The maximum Gasteiger partial charge on any atom is 0.164 e. The summed E-state index contributed by atoms with van der Waals surface area (Å²) in [6.45, 7) is 0. The molecule has 17 aromatic rings. The summed E-state index contributed by atoms with van der Waals surface area (Å²) in [7, 11) is 28.5. The molecule has 1 fully saturated rings. The minimum Gasteiger partial charge on any atom is -0.497 e. The molecule has 0 amide bonds. The lowest BCUT2D eigenvalue weighted by atomic mass is 9.22. The van der Waals surface area contributed by atoms with Crippen molar-refractivity contribution in [2.75, 3.05) is 121 Å². The van der Waals surface area contributed by atoms with Gasteiger partial charge in [-0.15, -0.1) is 0 Å². The standard InChI is InChI=1S/C126H116O19/c1-127-98-48-18-83(19-49-98)115-82-116(117(84-20-50-99(128-2)51-21-84)118(119(115)143-17)85-22-52-100(129-3)53-23-85)124(95-42-72-110(139-13)73-43-95)123(93-38-68-108(137-11)69-39-93,94-40-70-109(138-12)71-41-94)126(97-46-76-112(141-15)77-47-97,145-120(86-24-54-101(130-4)55-25-86,87-26-56-102(131-5)57-27-87)88-28-58-103(132-6)59-29-88)122(91-34-64-106(135-9)65-35-91,92-36-66-107(136-10)67-37-92)121(89-30-60-104(133-7)61-31-89,90-32-62-105(134-8)63-33-90)125(124,96-44-74-111(140-14)75-45-96)144-114-80-78-113(142-16)79-81-114/h18-82H,1-17H3. The van der Waals surface area contributed by atoms with Gasteiger partial charge in [0.2, 0.25) is 0 Å². The van der Waals surface area contributed by atoms with Crippen LogP contribution in [0.25, 0.3) is 33.4 Å². The van der Waals surface area contributed by atoms with E-state index in [1.54, 1.807) is 121 Å². The van der Waals surface area contributed by atoms with Gasteiger partial charge in [0.05, 0.1) is 143 Å². The molecule has 0 N–H and O–H groups in total. The molecule has 0 bridgehead atoms. The average molecular weight is 1930 g/mol. The first-order valence-corrected chi connectivity index (χ1v) is 47.4. The molecule has 19 heteroatoms. The lowest BCUT2D eigenvalue weighted by molar-refractivity contribution is -0.289. The topological polar surface area (TPSA) is 175 Å². The maximum absolute atomic E-state index is 11.1. The van der Waals surface area contributed by atoms with E-state index in [2.05, 4.69) is 188 Å². The summed E-state index contributed by atoms with van der Waals surface area (Å²) in [5.41, 5.74) is -5.91. The lowest BCUT2D eigenvalue weighted by Crippen LogP contribution is -2.90. The van der Waals surface area contributed by atoms with Crippen molar-refractivity contribution in [3.63, 3.8) is 0 Å². The van der Waals surface area contributed by atoms with E-state index in [4.69, 9.17) is 80.5 Å². The van der Waals surface area contributed by atoms with Crippen LogP contribution in [0.1, 0.15) is 72.3 Å². The molecular formula is C126H116O19. The van der Waals surface area contributed by atoms with Gasteiger partial charge in [0.15, 0.2) is 5.60 Å². The first-order chi connectivity index (χ1) is 71.0. The minimum atomic E-state index is -2.66. The van der Waals surface area contributed by atoms with Crippen LogP contribution < -0.4 is 85.3 Å². The first kappa shape index (κ1) is 98.3. The van der Waals surface area contributed by atoms with E-state index >= 15 is 0 Å². The quantitative estimate of drug-likeness (QED) is 0.0336. The number of benzene rings is 17. The van der Waals surface area contributed by atoms with Gasteiger partial charge in [-0.3, -0.25) is 0 Å². The number of rotatable bonds is 37. The Morgan fingerprint density at radius 1 is 0.159 bits per heavy atom. The summed E-state index contributed by atoms with van der Waals surface area (Å²) in [5, 5.41) is 0. The number of methoxy groups -OCH3 is 17. The molecule has 0 saturated heterocycles. The van der Waals surface area contributed by atoms with E-state index in [1.807, 2.05) is 206 Å². The smallest absolute Gasteiger partial charge is 0.164 e.